The topological polar surface area (TPSA) is 102 Å². The zero-order chi connectivity index (χ0) is 24.1. The van der Waals surface area contributed by atoms with Crippen molar-refractivity contribution in [2.75, 3.05) is 11.1 Å². The molecule has 0 saturated carbocycles. The van der Waals surface area contributed by atoms with E-state index >= 15 is 0 Å². The first-order valence-electron chi connectivity index (χ1n) is 10.6. The van der Waals surface area contributed by atoms with Crippen molar-refractivity contribution in [2.45, 2.75) is 25.9 Å². The van der Waals surface area contributed by atoms with Crippen LogP contribution in [0.4, 0.5) is 10.5 Å². The average molecular weight is 473 g/mol. The number of amides is 3. The molecule has 3 amide bonds. The Morgan fingerprint density at radius 3 is 2.41 bits per heavy atom. The summed E-state index contributed by atoms with van der Waals surface area (Å²) >= 11 is 1.21. The minimum atomic E-state index is -0.577. The zero-order valence-electron chi connectivity index (χ0n) is 19.1. The Kier molecular flexibility index (Phi) is 7.03. The van der Waals surface area contributed by atoms with Crippen molar-refractivity contribution in [3.8, 4) is 17.1 Å². The standard InChI is InChI=1S/C25H24N6O2S/c1-16-8-9-20(14-18(16)3)27-24(33)28-22(32)15-34-25-30-29-23(19-10-12-26-13-11-19)31(25)21-7-5-4-6-17(21)2/h4-14H,15H2,1-3H3,(H2,27,28,32,33). The van der Waals surface area contributed by atoms with Crippen molar-refractivity contribution in [2.24, 2.45) is 0 Å². The number of benzene rings is 2. The Hall–Kier alpha value is -3.98. The fraction of sp³-hybridized carbons (Fsp3) is 0.160. The number of nitrogens with one attached hydrogen (secondary N) is 2. The highest BCUT2D eigenvalue weighted by molar-refractivity contribution is 7.99. The number of carbonyl (C=O) groups excluding carboxylic acids is 2. The molecule has 4 aromatic rings. The van der Waals surface area contributed by atoms with Gasteiger partial charge in [-0.2, -0.15) is 0 Å². The van der Waals surface area contributed by atoms with Gasteiger partial charge in [0, 0.05) is 23.6 Å². The summed E-state index contributed by atoms with van der Waals surface area (Å²) in [5.41, 5.74) is 5.62. The molecule has 0 saturated heterocycles. The first-order chi connectivity index (χ1) is 16.4. The van der Waals surface area contributed by atoms with Gasteiger partial charge in [0.2, 0.25) is 5.91 Å². The van der Waals surface area contributed by atoms with Crippen molar-refractivity contribution in [1.82, 2.24) is 25.1 Å². The van der Waals surface area contributed by atoms with E-state index in [9.17, 15) is 9.59 Å². The molecule has 172 valence electrons. The molecular formula is C25H24N6O2S. The van der Waals surface area contributed by atoms with Crippen LogP contribution in [0.15, 0.2) is 72.1 Å². The van der Waals surface area contributed by atoms with Crippen LogP contribution in [0.2, 0.25) is 0 Å². The minimum absolute atomic E-state index is 0.000700. The summed E-state index contributed by atoms with van der Waals surface area (Å²) in [6.45, 7) is 5.96. The number of aryl methyl sites for hydroxylation is 3. The molecule has 0 aliphatic heterocycles. The van der Waals surface area contributed by atoms with Gasteiger partial charge in [-0.15, -0.1) is 10.2 Å². The first-order valence-corrected chi connectivity index (χ1v) is 11.6. The van der Waals surface area contributed by atoms with E-state index in [-0.39, 0.29) is 5.75 Å². The SMILES string of the molecule is Cc1ccc(NC(=O)NC(=O)CSc2nnc(-c3ccncc3)n2-c2ccccc2C)cc1C. The summed E-state index contributed by atoms with van der Waals surface area (Å²) in [4.78, 5) is 28.8. The fourth-order valence-corrected chi connectivity index (χ4v) is 4.10. The largest absolute Gasteiger partial charge is 0.325 e. The number of hydrogen-bond donors (Lipinski definition) is 2. The fourth-order valence-electron chi connectivity index (χ4n) is 3.36. The number of para-hydroxylation sites is 1. The molecule has 0 spiro atoms. The molecule has 4 rings (SSSR count). The van der Waals surface area contributed by atoms with Crippen LogP contribution in [-0.2, 0) is 4.79 Å². The van der Waals surface area contributed by atoms with Crippen LogP contribution in [0.1, 0.15) is 16.7 Å². The highest BCUT2D eigenvalue weighted by Crippen LogP contribution is 2.29. The van der Waals surface area contributed by atoms with Crippen LogP contribution in [0.5, 0.6) is 0 Å². The molecule has 0 bridgehead atoms. The Bertz CT molecular complexity index is 1340. The predicted molar refractivity (Wildman–Crippen MR) is 133 cm³/mol. The first kappa shape index (κ1) is 23.2. The number of anilines is 1. The summed E-state index contributed by atoms with van der Waals surface area (Å²) in [6, 6.07) is 16.6. The maximum absolute atomic E-state index is 12.5. The number of carbonyl (C=O) groups is 2. The number of pyridine rings is 1. The van der Waals surface area contributed by atoms with Crippen LogP contribution in [0.3, 0.4) is 0 Å². The van der Waals surface area contributed by atoms with Crippen LogP contribution in [0, 0.1) is 20.8 Å². The summed E-state index contributed by atoms with van der Waals surface area (Å²) in [5, 5.41) is 14.3. The summed E-state index contributed by atoms with van der Waals surface area (Å²) in [7, 11) is 0. The Balaban J connectivity index is 1.49. The Labute approximate surface area is 201 Å². The van der Waals surface area contributed by atoms with Gasteiger partial charge in [-0.1, -0.05) is 36.0 Å². The van der Waals surface area contributed by atoms with Crippen LogP contribution < -0.4 is 10.6 Å². The number of hydrogen-bond acceptors (Lipinski definition) is 6. The van der Waals surface area contributed by atoms with Gasteiger partial charge < -0.3 is 5.32 Å². The maximum Gasteiger partial charge on any atom is 0.325 e. The molecule has 2 aromatic carbocycles. The van der Waals surface area contributed by atoms with Crippen molar-refractivity contribution < 1.29 is 9.59 Å². The third-order valence-electron chi connectivity index (χ3n) is 5.28. The lowest BCUT2D eigenvalue weighted by atomic mass is 10.1. The lowest BCUT2D eigenvalue weighted by molar-refractivity contribution is -0.117. The smallest absolute Gasteiger partial charge is 0.308 e. The van der Waals surface area contributed by atoms with Crippen LogP contribution >= 0.6 is 11.8 Å². The minimum Gasteiger partial charge on any atom is -0.308 e. The molecule has 2 N–H and O–H groups in total. The van der Waals surface area contributed by atoms with E-state index in [4.69, 9.17) is 0 Å². The molecule has 0 atom stereocenters. The second-order valence-corrected chi connectivity index (χ2v) is 8.70. The Morgan fingerprint density at radius 2 is 1.68 bits per heavy atom. The summed E-state index contributed by atoms with van der Waals surface area (Å²) in [5.74, 6) is 0.212. The van der Waals surface area contributed by atoms with E-state index in [1.54, 1.807) is 18.5 Å². The lowest BCUT2D eigenvalue weighted by Gasteiger charge is -2.13. The molecule has 0 radical (unpaired) electrons. The van der Waals surface area contributed by atoms with Gasteiger partial charge in [0.15, 0.2) is 11.0 Å². The van der Waals surface area contributed by atoms with E-state index in [0.717, 1.165) is 27.9 Å². The third kappa shape index (κ3) is 5.32. The lowest BCUT2D eigenvalue weighted by Crippen LogP contribution is -2.35. The zero-order valence-corrected chi connectivity index (χ0v) is 19.9. The van der Waals surface area contributed by atoms with Crippen LogP contribution in [0.25, 0.3) is 17.1 Å². The molecule has 0 unspecified atom stereocenters. The van der Waals surface area contributed by atoms with Gasteiger partial charge in [0.05, 0.1) is 11.4 Å². The van der Waals surface area contributed by atoms with E-state index < -0.39 is 11.9 Å². The number of rotatable bonds is 6. The second kappa shape index (κ2) is 10.3. The van der Waals surface area contributed by atoms with Gasteiger partial charge in [0.1, 0.15) is 0 Å². The van der Waals surface area contributed by atoms with Gasteiger partial charge in [-0.3, -0.25) is 19.7 Å². The van der Waals surface area contributed by atoms with Gasteiger partial charge in [-0.25, -0.2) is 4.79 Å². The highest BCUT2D eigenvalue weighted by atomic mass is 32.2. The normalized spacial score (nSPS) is 10.7. The number of thioether (sulfide) groups is 1. The number of imide groups is 1. The van der Waals surface area contributed by atoms with Crippen LogP contribution in [-0.4, -0.2) is 37.4 Å². The maximum atomic E-state index is 12.5. The third-order valence-corrected chi connectivity index (χ3v) is 6.21. The second-order valence-electron chi connectivity index (χ2n) is 7.75. The number of aromatic nitrogens is 4. The quantitative estimate of drug-likeness (QED) is 0.395. The van der Waals surface area contributed by atoms with Gasteiger partial charge in [0.25, 0.3) is 0 Å². The molecule has 0 aliphatic carbocycles. The monoisotopic (exact) mass is 472 g/mol. The van der Waals surface area contributed by atoms with Crippen molar-refractivity contribution in [3.63, 3.8) is 0 Å². The van der Waals surface area contributed by atoms with Crippen molar-refractivity contribution in [3.05, 3.63) is 83.7 Å². The number of urea groups is 1. The van der Waals surface area contributed by atoms with Crippen molar-refractivity contribution >= 4 is 29.4 Å². The van der Waals surface area contributed by atoms with Crippen molar-refractivity contribution in [1.29, 1.82) is 0 Å². The molecule has 0 fully saturated rings. The molecule has 34 heavy (non-hydrogen) atoms. The highest BCUT2D eigenvalue weighted by Gasteiger charge is 2.19. The molecule has 2 heterocycles. The van der Waals surface area contributed by atoms with E-state index in [0.29, 0.717) is 16.7 Å². The van der Waals surface area contributed by atoms with E-state index in [1.807, 2.05) is 73.9 Å². The predicted octanol–water partition coefficient (Wildman–Crippen LogP) is 4.69. The van der Waals surface area contributed by atoms with E-state index in [1.165, 1.54) is 11.8 Å². The molecule has 8 nitrogen and oxygen atoms in total. The molecule has 9 heteroatoms. The Morgan fingerprint density at radius 1 is 0.912 bits per heavy atom. The molecule has 2 aromatic heterocycles. The summed E-state index contributed by atoms with van der Waals surface area (Å²) < 4.78 is 1.91. The van der Waals surface area contributed by atoms with Gasteiger partial charge >= 0.3 is 6.03 Å². The van der Waals surface area contributed by atoms with E-state index in [2.05, 4.69) is 25.8 Å². The number of nitrogens with zero attached hydrogens (tertiary/aromatic N) is 4. The van der Waals surface area contributed by atoms with Gasteiger partial charge in [-0.05, 0) is 67.8 Å². The molecular weight excluding hydrogens is 448 g/mol. The summed E-state index contributed by atoms with van der Waals surface area (Å²) in [6.07, 6.45) is 3.39. The molecule has 0 aliphatic rings. The average Bonchev–Trinajstić information content (AvgIpc) is 3.24.